The molecule has 1 atom stereocenters. The number of carbonyl (C=O) groups excluding carboxylic acids is 1. The summed E-state index contributed by atoms with van der Waals surface area (Å²) in [6.45, 7) is 4.34. The van der Waals surface area contributed by atoms with Crippen molar-refractivity contribution in [1.82, 2.24) is 4.90 Å². The van der Waals surface area contributed by atoms with Crippen LogP contribution in [0.2, 0.25) is 0 Å². The molecule has 0 aliphatic carbocycles. The molecule has 3 rings (SSSR count). The third kappa shape index (κ3) is 5.61. The number of benzene rings is 2. The van der Waals surface area contributed by atoms with Gasteiger partial charge in [0, 0.05) is 36.8 Å². The maximum absolute atomic E-state index is 12.6. The van der Waals surface area contributed by atoms with Gasteiger partial charge in [0.25, 0.3) is 0 Å². The van der Waals surface area contributed by atoms with Crippen molar-refractivity contribution in [2.45, 2.75) is 32.2 Å². The van der Waals surface area contributed by atoms with Crippen molar-refractivity contribution in [3.05, 3.63) is 42.0 Å². The highest BCUT2D eigenvalue weighted by Crippen LogP contribution is 2.40. The van der Waals surface area contributed by atoms with Gasteiger partial charge >= 0.3 is 0 Å². The molecular formula is C24H32N2O5. The molecule has 1 N–H and O–H groups in total. The minimum absolute atomic E-state index is 0.0494. The number of nitrogens with one attached hydrogen (secondary N) is 1. The smallest absolute Gasteiger partial charge is 0.225 e. The zero-order valence-corrected chi connectivity index (χ0v) is 18.8. The highest BCUT2D eigenvalue weighted by Gasteiger charge is 2.26. The van der Waals surface area contributed by atoms with Gasteiger partial charge in [0.15, 0.2) is 11.5 Å². The molecule has 7 heteroatoms. The van der Waals surface area contributed by atoms with E-state index in [9.17, 15) is 4.79 Å². The van der Waals surface area contributed by atoms with Gasteiger partial charge in [0.05, 0.1) is 27.9 Å². The van der Waals surface area contributed by atoms with Crippen molar-refractivity contribution in [3.8, 4) is 23.0 Å². The minimum Gasteiger partial charge on any atom is -0.494 e. The molecule has 0 spiro atoms. The Hall–Kier alpha value is -2.93. The molecule has 2 aromatic carbocycles. The number of amides is 1. The second kappa shape index (κ2) is 10.9. The Morgan fingerprint density at radius 1 is 1.06 bits per heavy atom. The summed E-state index contributed by atoms with van der Waals surface area (Å²) in [5.74, 6) is 2.35. The van der Waals surface area contributed by atoms with Gasteiger partial charge in [-0.05, 0) is 44.0 Å². The van der Waals surface area contributed by atoms with Crippen LogP contribution in [0.3, 0.4) is 0 Å². The summed E-state index contributed by atoms with van der Waals surface area (Å²) in [6.07, 6.45) is 2.64. The topological polar surface area (TPSA) is 69.3 Å². The van der Waals surface area contributed by atoms with Crippen molar-refractivity contribution in [2.75, 3.05) is 46.3 Å². The first-order valence-corrected chi connectivity index (χ1v) is 10.7. The maximum atomic E-state index is 12.6. The fraction of sp³-hybridized carbons (Fsp3) is 0.458. The van der Waals surface area contributed by atoms with Crippen molar-refractivity contribution >= 4 is 11.6 Å². The maximum Gasteiger partial charge on any atom is 0.225 e. The summed E-state index contributed by atoms with van der Waals surface area (Å²) in [6, 6.07) is 12.1. The number of rotatable bonds is 10. The predicted octanol–water partition coefficient (Wildman–Crippen LogP) is 4.28. The second-order valence-corrected chi connectivity index (χ2v) is 7.41. The third-order valence-corrected chi connectivity index (χ3v) is 5.51. The molecule has 1 unspecified atom stereocenters. The fourth-order valence-corrected chi connectivity index (χ4v) is 4.05. The number of hydrogen-bond acceptors (Lipinski definition) is 6. The van der Waals surface area contributed by atoms with Gasteiger partial charge in [0.2, 0.25) is 11.7 Å². The molecule has 0 aromatic heterocycles. The van der Waals surface area contributed by atoms with Crippen LogP contribution in [-0.4, -0.2) is 51.8 Å². The van der Waals surface area contributed by atoms with Crippen LogP contribution in [0, 0.1) is 0 Å². The van der Waals surface area contributed by atoms with Crippen LogP contribution in [0.25, 0.3) is 0 Å². The lowest BCUT2D eigenvalue weighted by Gasteiger charge is -2.24. The number of ether oxygens (including phenoxy) is 4. The van der Waals surface area contributed by atoms with Gasteiger partial charge in [-0.3, -0.25) is 9.69 Å². The summed E-state index contributed by atoms with van der Waals surface area (Å²) in [5, 5.41) is 2.95. The van der Waals surface area contributed by atoms with Gasteiger partial charge in [-0.2, -0.15) is 0 Å². The van der Waals surface area contributed by atoms with E-state index in [1.54, 1.807) is 33.5 Å². The zero-order valence-electron chi connectivity index (χ0n) is 18.8. The Kier molecular flexibility index (Phi) is 8.00. The number of anilines is 1. The molecule has 0 radical (unpaired) electrons. The summed E-state index contributed by atoms with van der Waals surface area (Å²) in [7, 11) is 4.66. The average Bonchev–Trinajstić information content (AvgIpc) is 3.26. The van der Waals surface area contributed by atoms with Gasteiger partial charge in [0.1, 0.15) is 5.75 Å². The second-order valence-electron chi connectivity index (χ2n) is 7.41. The largest absolute Gasteiger partial charge is 0.494 e. The van der Waals surface area contributed by atoms with E-state index in [1.165, 1.54) is 5.56 Å². The van der Waals surface area contributed by atoms with E-state index < -0.39 is 0 Å². The standard InChI is InChI=1S/C24H32N2O5/c1-5-31-19-10-8-17(9-11-19)20-7-6-13-26(20)14-12-23(27)25-18-15-21(28-2)24(30-4)22(16-18)29-3/h8-11,15-16,20H,5-7,12-14H2,1-4H3,(H,25,27). The summed E-state index contributed by atoms with van der Waals surface area (Å²) in [5.41, 5.74) is 1.88. The fourth-order valence-electron chi connectivity index (χ4n) is 4.05. The molecule has 0 saturated carbocycles. The molecular weight excluding hydrogens is 396 g/mol. The minimum atomic E-state index is -0.0494. The Labute approximate surface area is 184 Å². The third-order valence-electron chi connectivity index (χ3n) is 5.51. The molecule has 1 amide bonds. The predicted molar refractivity (Wildman–Crippen MR) is 121 cm³/mol. The van der Waals surface area contributed by atoms with E-state index >= 15 is 0 Å². The monoisotopic (exact) mass is 428 g/mol. The van der Waals surface area contributed by atoms with Crippen LogP contribution >= 0.6 is 0 Å². The number of carbonyl (C=O) groups is 1. The molecule has 1 aliphatic rings. The summed E-state index contributed by atoms with van der Waals surface area (Å²) >= 11 is 0. The zero-order chi connectivity index (χ0) is 22.2. The lowest BCUT2D eigenvalue weighted by molar-refractivity contribution is -0.116. The summed E-state index contributed by atoms with van der Waals surface area (Å²) in [4.78, 5) is 15.0. The van der Waals surface area contributed by atoms with Gasteiger partial charge in [-0.25, -0.2) is 0 Å². The Bertz CT molecular complexity index is 844. The molecule has 1 saturated heterocycles. The molecule has 0 bridgehead atoms. The lowest BCUT2D eigenvalue weighted by Crippen LogP contribution is -2.27. The van der Waals surface area contributed by atoms with E-state index in [2.05, 4.69) is 22.3 Å². The highest BCUT2D eigenvalue weighted by atomic mass is 16.5. The van der Waals surface area contributed by atoms with Crippen LogP contribution in [0.4, 0.5) is 5.69 Å². The quantitative estimate of drug-likeness (QED) is 0.609. The first-order valence-electron chi connectivity index (χ1n) is 10.7. The van der Waals surface area contributed by atoms with E-state index in [0.29, 0.717) is 48.6 Å². The molecule has 31 heavy (non-hydrogen) atoms. The molecule has 1 heterocycles. The number of hydrogen-bond donors (Lipinski definition) is 1. The van der Waals surface area contributed by atoms with Crippen LogP contribution in [0.15, 0.2) is 36.4 Å². The Morgan fingerprint density at radius 2 is 1.74 bits per heavy atom. The molecule has 7 nitrogen and oxygen atoms in total. The number of methoxy groups -OCH3 is 3. The Balaban J connectivity index is 1.60. The van der Waals surface area contributed by atoms with Crippen LogP contribution in [0.1, 0.15) is 37.8 Å². The SMILES string of the molecule is CCOc1ccc(C2CCCN2CCC(=O)Nc2cc(OC)c(OC)c(OC)c2)cc1. The van der Waals surface area contributed by atoms with Crippen LogP contribution in [0.5, 0.6) is 23.0 Å². The highest BCUT2D eigenvalue weighted by molar-refractivity contribution is 5.91. The normalized spacial score (nSPS) is 16.1. The number of nitrogens with zero attached hydrogens (tertiary/aromatic N) is 1. The van der Waals surface area contributed by atoms with Gasteiger partial charge < -0.3 is 24.3 Å². The number of likely N-dealkylation sites (tertiary alicyclic amines) is 1. The van der Waals surface area contributed by atoms with Crippen molar-refractivity contribution < 1.29 is 23.7 Å². The molecule has 1 fully saturated rings. The van der Waals surface area contributed by atoms with Crippen molar-refractivity contribution in [2.24, 2.45) is 0 Å². The van der Waals surface area contributed by atoms with Crippen molar-refractivity contribution in [3.63, 3.8) is 0 Å². The van der Waals surface area contributed by atoms with E-state index in [-0.39, 0.29) is 5.91 Å². The van der Waals surface area contributed by atoms with Gasteiger partial charge in [-0.15, -0.1) is 0 Å². The molecule has 168 valence electrons. The average molecular weight is 429 g/mol. The van der Waals surface area contributed by atoms with E-state index in [1.807, 2.05) is 19.1 Å². The lowest BCUT2D eigenvalue weighted by atomic mass is 10.0. The Morgan fingerprint density at radius 3 is 2.32 bits per heavy atom. The van der Waals surface area contributed by atoms with Crippen molar-refractivity contribution in [1.29, 1.82) is 0 Å². The van der Waals surface area contributed by atoms with Crippen LogP contribution in [-0.2, 0) is 4.79 Å². The summed E-state index contributed by atoms with van der Waals surface area (Å²) < 4.78 is 21.6. The molecule has 2 aromatic rings. The van der Waals surface area contributed by atoms with E-state index in [4.69, 9.17) is 18.9 Å². The molecule has 1 aliphatic heterocycles. The van der Waals surface area contributed by atoms with E-state index in [0.717, 1.165) is 25.1 Å². The first-order chi connectivity index (χ1) is 15.1. The first kappa shape index (κ1) is 22.7. The van der Waals surface area contributed by atoms with Gasteiger partial charge in [-0.1, -0.05) is 12.1 Å². The van der Waals surface area contributed by atoms with Crippen LogP contribution < -0.4 is 24.3 Å².